The lowest BCUT2D eigenvalue weighted by Gasteiger charge is -2.34. The maximum Gasteiger partial charge on any atom is 0.220 e. The van der Waals surface area contributed by atoms with Gasteiger partial charge in [0.15, 0.2) is 5.96 Å². The van der Waals surface area contributed by atoms with Crippen molar-refractivity contribution < 1.29 is 9.53 Å². The van der Waals surface area contributed by atoms with E-state index in [1.807, 2.05) is 19.3 Å². The third kappa shape index (κ3) is 5.84. The third-order valence-corrected chi connectivity index (χ3v) is 5.72. The topological polar surface area (TPSA) is 78.9 Å². The molecule has 1 aliphatic heterocycles. The first-order chi connectivity index (χ1) is 13.7. The predicted molar refractivity (Wildman–Crippen MR) is 110 cm³/mol. The summed E-state index contributed by atoms with van der Waals surface area (Å²) >= 11 is 0. The van der Waals surface area contributed by atoms with Crippen LogP contribution in [0.5, 0.6) is 5.88 Å². The molecule has 0 aromatic carbocycles. The number of rotatable bonds is 6. The number of aliphatic imine (C=N–C) groups is 1. The average Bonchev–Trinajstić information content (AvgIpc) is 3.23. The number of amides is 1. The van der Waals surface area contributed by atoms with Crippen molar-refractivity contribution in [3.05, 3.63) is 23.9 Å². The Hall–Kier alpha value is -2.31. The van der Waals surface area contributed by atoms with Crippen LogP contribution in [0.4, 0.5) is 0 Å². The second-order valence-corrected chi connectivity index (χ2v) is 7.74. The van der Waals surface area contributed by atoms with Crippen LogP contribution in [0.25, 0.3) is 0 Å². The molecule has 3 rings (SSSR count). The number of nitrogens with zero attached hydrogens (tertiary/aromatic N) is 3. The predicted octanol–water partition coefficient (Wildman–Crippen LogP) is 2.33. The molecule has 0 unspecified atom stereocenters. The highest BCUT2D eigenvalue weighted by atomic mass is 16.5. The van der Waals surface area contributed by atoms with E-state index in [9.17, 15) is 4.79 Å². The van der Waals surface area contributed by atoms with Gasteiger partial charge in [-0.1, -0.05) is 6.07 Å². The molecule has 0 atom stereocenters. The standard InChI is InChI=1S/C21H33N5O2/c1-22-19(27)13-16-9-11-26(12-10-16)21(23-2)25-15-17-7-8-20(24-14-17)28-18-5-3-4-6-18/h7-8,14,16,18H,3-6,9-13,15H2,1-2H3,(H,22,27)(H,23,25). The molecular formula is C21H33N5O2. The van der Waals surface area contributed by atoms with Crippen LogP contribution in [0.2, 0.25) is 0 Å². The van der Waals surface area contributed by atoms with Crippen molar-refractivity contribution in [1.82, 2.24) is 20.5 Å². The summed E-state index contributed by atoms with van der Waals surface area (Å²) in [5.41, 5.74) is 1.11. The minimum absolute atomic E-state index is 0.133. The Bertz CT molecular complexity index is 647. The fourth-order valence-electron chi connectivity index (χ4n) is 3.99. The Labute approximate surface area is 168 Å². The van der Waals surface area contributed by atoms with Crippen LogP contribution in [0.1, 0.15) is 50.5 Å². The van der Waals surface area contributed by atoms with E-state index in [-0.39, 0.29) is 5.91 Å². The Morgan fingerprint density at radius 2 is 2.00 bits per heavy atom. The lowest BCUT2D eigenvalue weighted by atomic mass is 9.93. The highest BCUT2D eigenvalue weighted by Crippen LogP contribution is 2.23. The molecule has 1 aliphatic carbocycles. The minimum atomic E-state index is 0.133. The van der Waals surface area contributed by atoms with Crippen LogP contribution in [-0.2, 0) is 11.3 Å². The van der Waals surface area contributed by atoms with Crippen molar-refractivity contribution in [1.29, 1.82) is 0 Å². The van der Waals surface area contributed by atoms with Crippen LogP contribution in [0.15, 0.2) is 23.3 Å². The van der Waals surface area contributed by atoms with Crippen molar-refractivity contribution in [2.45, 2.75) is 57.6 Å². The summed E-state index contributed by atoms with van der Waals surface area (Å²) in [4.78, 5) is 22.7. The summed E-state index contributed by atoms with van der Waals surface area (Å²) < 4.78 is 5.93. The molecule has 2 aliphatic rings. The van der Waals surface area contributed by atoms with E-state index >= 15 is 0 Å². The molecule has 2 N–H and O–H groups in total. The van der Waals surface area contributed by atoms with Gasteiger partial charge in [-0.25, -0.2) is 4.98 Å². The van der Waals surface area contributed by atoms with E-state index in [1.54, 1.807) is 7.05 Å². The Morgan fingerprint density at radius 1 is 1.25 bits per heavy atom. The number of guanidine groups is 1. The average molecular weight is 388 g/mol. The second kappa shape index (κ2) is 10.3. The summed E-state index contributed by atoms with van der Waals surface area (Å²) in [5.74, 6) is 2.22. The third-order valence-electron chi connectivity index (χ3n) is 5.72. The molecule has 1 saturated carbocycles. The number of carbonyl (C=O) groups excluding carboxylic acids is 1. The first-order valence-electron chi connectivity index (χ1n) is 10.5. The molecular weight excluding hydrogens is 354 g/mol. The SMILES string of the molecule is CN=C(NCc1ccc(OC2CCCC2)nc1)N1CCC(CC(=O)NC)CC1. The second-order valence-electron chi connectivity index (χ2n) is 7.74. The fourth-order valence-corrected chi connectivity index (χ4v) is 3.99. The molecule has 1 saturated heterocycles. The number of piperidine rings is 1. The first-order valence-corrected chi connectivity index (χ1v) is 10.5. The van der Waals surface area contributed by atoms with Crippen LogP contribution < -0.4 is 15.4 Å². The lowest BCUT2D eigenvalue weighted by molar-refractivity contribution is -0.121. The monoisotopic (exact) mass is 387 g/mol. The van der Waals surface area contributed by atoms with Gasteiger partial charge in [-0.3, -0.25) is 9.79 Å². The zero-order valence-corrected chi connectivity index (χ0v) is 17.1. The van der Waals surface area contributed by atoms with Crippen molar-refractivity contribution in [3.63, 3.8) is 0 Å². The molecule has 2 heterocycles. The van der Waals surface area contributed by atoms with Gasteiger partial charge in [0.25, 0.3) is 0 Å². The van der Waals surface area contributed by atoms with Gasteiger partial charge in [-0.05, 0) is 50.0 Å². The van der Waals surface area contributed by atoms with Gasteiger partial charge in [-0.15, -0.1) is 0 Å². The summed E-state index contributed by atoms with van der Waals surface area (Å²) in [5, 5.41) is 6.15. The van der Waals surface area contributed by atoms with Gasteiger partial charge in [-0.2, -0.15) is 0 Å². The van der Waals surface area contributed by atoms with Gasteiger partial charge in [0.2, 0.25) is 11.8 Å². The van der Waals surface area contributed by atoms with Gasteiger partial charge < -0.3 is 20.3 Å². The van der Waals surface area contributed by atoms with Crippen LogP contribution >= 0.6 is 0 Å². The van der Waals surface area contributed by atoms with Crippen LogP contribution in [0.3, 0.4) is 0 Å². The van der Waals surface area contributed by atoms with Crippen molar-refractivity contribution in [2.75, 3.05) is 27.2 Å². The normalized spacial score (nSPS) is 18.9. The Morgan fingerprint density at radius 3 is 2.61 bits per heavy atom. The number of ether oxygens (including phenoxy) is 1. The number of carbonyl (C=O) groups is 1. The summed E-state index contributed by atoms with van der Waals surface area (Å²) in [6.07, 6.45) is 9.66. The molecule has 0 bridgehead atoms. The number of nitrogens with one attached hydrogen (secondary N) is 2. The summed E-state index contributed by atoms with van der Waals surface area (Å²) in [6.45, 7) is 2.53. The molecule has 154 valence electrons. The number of hydrogen-bond acceptors (Lipinski definition) is 4. The Balaban J connectivity index is 1.43. The molecule has 1 amide bonds. The van der Waals surface area contributed by atoms with Gasteiger partial charge in [0, 0.05) is 52.4 Å². The van der Waals surface area contributed by atoms with Gasteiger partial charge in [0.05, 0.1) is 0 Å². The zero-order chi connectivity index (χ0) is 19.8. The highest BCUT2D eigenvalue weighted by Gasteiger charge is 2.23. The lowest BCUT2D eigenvalue weighted by Crippen LogP contribution is -2.45. The van der Waals surface area contributed by atoms with Crippen molar-refractivity contribution in [3.8, 4) is 5.88 Å². The van der Waals surface area contributed by atoms with Gasteiger partial charge in [0.1, 0.15) is 6.10 Å². The number of aromatic nitrogens is 1. The van der Waals surface area contributed by atoms with Gasteiger partial charge >= 0.3 is 0 Å². The Kier molecular flexibility index (Phi) is 7.51. The maximum absolute atomic E-state index is 11.6. The highest BCUT2D eigenvalue weighted by molar-refractivity contribution is 5.80. The van der Waals surface area contributed by atoms with Crippen LogP contribution in [-0.4, -0.2) is 55.0 Å². The molecule has 1 aromatic rings. The maximum atomic E-state index is 11.6. The fraction of sp³-hybridized carbons (Fsp3) is 0.667. The van der Waals surface area contributed by atoms with E-state index in [0.717, 1.165) is 56.2 Å². The first kappa shape index (κ1) is 20.4. The molecule has 0 spiro atoms. The van der Waals surface area contributed by atoms with Crippen molar-refractivity contribution >= 4 is 11.9 Å². The molecule has 0 radical (unpaired) electrons. The van der Waals surface area contributed by atoms with E-state index in [2.05, 4.69) is 31.6 Å². The smallest absolute Gasteiger partial charge is 0.220 e. The number of hydrogen-bond donors (Lipinski definition) is 2. The minimum Gasteiger partial charge on any atom is -0.474 e. The van der Waals surface area contributed by atoms with Crippen molar-refractivity contribution in [2.24, 2.45) is 10.9 Å². The quantitative estimate of drug-likeness (QED) is 0.579. The number of pyridine rings is 1. The van der Waals surface area contributed by atoms with E-state index in [4.69, 9.17) is 4.74 Å². The van der Waals surface area contributed by atoms with E-state index < -0.39 is 0 Å². The molecule has 1 aromatic heterocycles. The summed E-state index contributed by atoms with van der Waals surface area (Å²) in [7, 11) is 3.52. The zero-order valence-electron chi connectivity index (χ0n) is 17.1. The summed E-state index contributed by atoms with van der Waals surface area (Å²) in [6, 6.07) is 4.02. The van der Waals surface area contributed by atoms with E-state index in [0.29, 0.717) is 25.0 Å². The van der Waals surface area contributed by atoms with E-state index in [1.165, 1.54) is 12.8 Å². The molecule has 7 nitrogen and oxygen atoms in total. The molecule has 28 heavy (non-hydrogen) atoms. The molecule has 7 heteroatoms. The number of likely N-dealkylation sites (tertiary alicyclic amines) is 1. The molecule has 2 fully saturated rings. The largest absolute Gasteiger partial charge is 0.474 e. The van der Waals surface area contributed by atoms with Crippen LogP contribution in [0, 0.1) is 5.92 Å².